The van der Waals surface area contributed by atoms with Gasteiger partial charge in [0.15, 0.2) is 0 Å². The number of carboxylic acid groups (broad SMARTS) is 2. The van der Waals surface area contributed by atoms with Crippen LogP contribution in [0.5, 0.6) is 0 Å². The van der Waals surface area contributed by atoms with Gasteiger partial charge in [0.05, 0.1) is 0 Å². The van der Waals surface area contributed by atoms with E-state index in [9.17, 15) is 0 Å². The Morgan fingerprint density at radius 2 is 1.62 bits per heavy atom. The standard InChI is InChI=1S/C3H7.CH2O3.K/c1-3-2;2-1(3)4;/h1,3H2,2H3;(H2,2,3,4);/q-1;;+1. The maximum atomic E-state index is 8.56. The zero-order valence-corrected chi connectivity index (χ0v) is 8.34. The molecule has 0 heterocycles. The molecule has 0 saturated heterocycles. The molecule has 0 aromatic heterocycles. The zero-order chi connectivity index (χ0) is 6.28. The summed E-state index contributed by atoms with van der Waals surface area (Å²) in [5.74, 6) is 0. The van der Waals surface area contributed by atoms with E-state index in [0.29, 0.717) is 0 Å². The monoisotopic (exact) mass is 144 g/mol. The molecular formula is C4H9KO3. The summed E-state index contributed by atoms with van der Waals surface area (Å²) in [5, 5.41) is 13.9. The Kier molecular flexibility index (Phi) is 31.3. The maximum Gasteiger partial charge on any atom is 1.00 e. The van der Waals surface area contributed by atoms with Gasteiger partial charge in [-0.3, -0.25) is 0 Å². The molecule has 0 atom stereocenters. The number of carbonyl (C=O) groups is 1. The predicted molar refractivity (Wildman–Crippen MR) is 26.3 cm³/mol. The van der Waals surface area contributed by atoms with Crippen molar-refractivity contribution in [3.05, 3.63) is 6.92 Å². The molecule has 0 aliphatic heterocycles. The minimum Gasteiger partial charge on any atom is -0.450 e. The van der Waals surface area contributed by atoms with Gasteiger partial charge in [-0.1, -0.05) is 6.92 Å². The molecular weight excluding hydrogens is 135 g/mol. The molecule has 0 amide bonds. The van der Waals surface area contributed by atoms with Gasteiger partial charge in [0.25, 0.3) is 0 Å². The zero-order valence-electron chi connectivity index (χ0n) is 5.22. The average Bonchev–Trinajstić information content (AvgIpc) is 1.33. The van der Waals surface area contributed by atoms with Crippen molar-refractivity contribution >= 4 is 6.16 Å². The first-order valence-electron chi connectivity index (χ1n) is 1.86. The Morgan fingerprint density at radius 3 is 1.62 bits per heavy atom. The smallest absolute Gasteiger partial charge is 0.450 e. The molecule has 0 aromatic carbocycles. The molecule has 8 heavy (non-hydrogen) atoms. The van der Waals surface area contributed by atoms with Crippen LogP contribution in [0.1, 0.15) is 13.3 Å². The second-order valence-electron chi connectivity index (χ2n) is 0.783. The van der Waals surface area contributed by atoms with Crippen molar-refractivity contribution < 1.29 is 66.4 Å². The second kappa shape index (κ2) is 15.7. The summed E-state index contributed by atoms with van der Waals surface area (Å²) >= 11 is 0. The van der Waals surface area contributed by atoms with Crippen LogP contribution in [0.4, 0.5) is 4.79 Å². The summed E-state index contributed by atoms with van der Waals surface area (Å²) < 4.78 is 0. The molecule has 0 aromatic rings. The van der Waals surface area contributed by atoms with Crippen LogP contribution in [0.25, 0.3) is 0 Å². The molecule has 3 nitrogen and oxygen atoms in total. The average molecular weight is 144 g/mol. The second-order valence-corrected chi connectivity index (χ2v) is 0.783. The summed E-state index contributed by atoms with van der Waals surface area (Å²) in [6.45, 7) is 5.50. The minimum atomic E-state index is -1.83. The minimum absolute atomic E-state index is 0. The van der Waals surface area contributed by atoms with E-state index in [0.717, 1.165) is 6.42 Å². The maximum absolute atomic E-state index is 8.56. The molecule has 44 valence electrons. The van der Waals surface area contributed by atoms with Crippen LogP contribution in [0.2, 0.25) is 0 Å². The largest absolute Gasteiger partial charge is 1.00 e. The summed E-state index contributed by atoms with van der Waals surface area (Å²) in [6, 6.07) is 0. The molecule has 0 bridgehead atoms. The molecule has 0 aliphatic rings. The molecule has 0 radical (unpaired) electrons. The van der Waals surface area contributed by atoms with E-state index in [-0.39, 0.29) is 51.4 Å². The van der Waals surface area contributed by atoms with Crippen molar-refractivity contribution in [3.8, 4) is 0 Å². The Morgan fingerprint density at radius 1 is 1.62 bits per heavy atom. The number of rotatable bonds is 0. The van der Waals surface area contributed by atoms with E-state index < -0.39 is 6.16 Å². The molecule has 0 aliphatic carbocycles. The molecule has 0 rings (SSSR count). The van der Waals surface area contributed by atoms with Crippen LogP contribution in [0.3, 0.4) is 0 Å². The fourth-order valence-electron chi connectivity index (χ4n) is 0. The third-order valence-electron chi connectivity index (χ3n) is 0. The van der Waals surface area contributed by atoms with Crippen molar-refractivity contribution in [2.75, 3.05) is 0 Å². The van der Waals surface area contributed by atoms with Crippen LogP contribution in [-0.4, -0.2) is 16.4 Å². The van der Waals surface area contributed by atoms with Crippen LogP contribution >= 0.6 is 0 Å². The van der Waals surface area contributed by atoms with E-state index in [1.807, 2.05) is 6.92 Å². The predicted octanol–water partition coefficient (Wildman–Crippen LogP) is -1.54. The van der Waals surface area contributed by atoms with Crippen molar-refractivity contribution in [3.63, 3.8) is 0 Å². The summed E-state index contributed by atoms with van der Waals surface area (Å²) in [5.41, 5.74) is 0. The van der Waals surface area contributed by atoms with Gasteiger partial charge < -0.3 is 17.1 Å². The van der Waals surface area contributed by atoms with E-state index >= 15 is 0 Å². The van der Waals surface area contributed by atoms with E-state index in [1.54, 1.807) is 0 Å². The summed E-state index contributed by atoms with van der Waals surface area (Å²) in [4.78, 5) is 8.56. The van der Waals surface area contributed by atoms with Crippen molar-refractivity contribution in [1.82, 2.24) is 0 Å². The Labute approximate surface area is 91.5 Å². The van der Waals surface area contributed by atoms with Crippen LogP contribution in [-0.2, 0) is 0 Å². The Hall–Kier alpha value is 0.906. The fourth-order valence-corrected chi connectivity index (χ4v) is 0. The molecule has 0 unspecified atom stereocenters. The van der Waals surface area contributed by atoms with Crippen LogP contribution in [0, 0.1) is 6.92 Å². The first kappa shape index (κ1) is 16.0. The van der Waals surface area contributed by atoms with Crippen LogP contribution < -0.4 is 51.4 Å². The van der Waals surface area contributed by atoms with Gasteiger partial charge in [-0.2, -0.15) is 6.42 Å². The van der Waals surface area contributed by atoms with E-state index in [4.69, 9.17) is 15.0 Å². The summed E-state index contributed by atoms with van der Waals surface area (Å²) in [7, 11) is 0. The normalized spacial score (nSPS) is 5.25. The fraction of sp³-hybridized carbons (Fsp3) is 0.500. The molecule has 4 heteroatoms. The van der Waals surface area contributed by atoms with E-state index in [1.165, 1.54) is 0 Å². The Bertz CT molecular complexity index is 42.5. The Balaban J connectivity index is -0.0000000575. The van der Waals surface area contributed by atoms with Crippen molar-refractivity contribution in [1.29, 1.82) is 0 Å². The van der Waals surface area contributed by atoms with Gasteiger partial charge in [0.2, 0.25) is 0 Å². The quantitative estimate of drug-likeness (QED) is 0.320. The van der Waals surface area contributed by atoms with Gasteiger partial charge in [0, 0.05) is 0 Å². The summed E-state index contributed by atoms with van der Waals surface area (Å²) in [6.07, 6.45) is -0.833. The number of hydrogen-bond donors (Lipinski definition) is 2. The molecule has 0 fully saturated rings. The first-order chi connectivity index (χ1) is 3.15. The van der Waals surface area contributed by atoms with Gasteiger partial charge in [-0.25, -0.2) is 4.79 Å². The SMILES string of the molecule is O=C(O)O.[CH2-]CC.[K+]. The third-order valence-corrected chi connectivity index (χ3v) is 0. The third kappa shape index (κ3) is 293. The van der Waals surface area contributed by atoms with E-state index in [2.05, 4.69) is 6.92 Å². The van der Waals surface area contributed by atoms with Crippen molar-refractivity contribution in [2.45, 2.75) is 13.3 Å². The first-order valence-corrected chi connectivity index (χ1v) is 1.86. The molecule has 0 spiro atoms. The molecule has 2 N–H and O–H groups in total. The number of hydrogen-bond acceptors (Lipinski definition) is 1. The van der Waals surface area contributed by atoms with Gasteiger partial charge in [-0.05, 0) is 0 Å². The molecule has 0 saturated carbocycles. The van der Waals surface area contributed by atoms with Gasteiger partial charge in [-0.15, -0.1) is 0 Å². The van der Waals surface area contributed by atoms with Crippen molar-refractivity contribution in [2.24, 2.45) is 0 Å². The topological polar surface area (TPSA) is 57.5 Å². The van der Waals surface area contributed by atoms with Crippen LogP contribution in [0.15, 0.2) is 0 Å². The van der Waals surface area contributed by atoms with Gasteiger partial charge >= 0.3 is 57.5 Å². The van der Waals surface area contributed by atoms with Gasteiger partial charge in [0.1, 0.15) is 0 Å².